The maximum Gasteiger partial charge on any atom is 0.251 e. The average Bonchev–Trinajstić information content (AvgIpc) is 3.06. The van der Waals surface area contributed by atoms with E-state index in [-0.39, 0.29) is 11.8 Å². The van der Waals surface area contributed by atoms with E-state index in [9.17, 15) is 9.59 Å². The topological polar surface area (TPSA) is 65.2 Å². The molecule has 1 aliphatic rings. The summed E-state index contributed by atoms with van der Waals surface area (Å²) >= 11 is 0. The summed E-state index contributed by atoms with van der Waals surface area (Å²) in [6.07, 6.45) is 1.16. The van der Waals surface area contributed by atoms with Gasteiger partial charge < -0.3 is 15.2 Å². The van der Waals surface area contributed by atoms with Crippen molar-refractivity contribution in [2.24, 2.45) is 0 Å². The molecule has 5 heteroatoms. The Bertz CT molecular complexity index is 946. The number of H-pyrrole nitrogens is 1. The van der Waals surface area contributed by atoms with E-state index in [0.717, 1.165) is 11.9 Å². The minimum absolute atomic E-state index is 0.0780. The fourth-order valence-electron chi connectivity index (χ4n) is 3.51. The van der Waals surface area contributed by atoms with E-state index in [1.807, 2.05) is 35.2 Å². The molecule has 2 heterocycles. The van der Waals surface area contributed by atoms with Gasteiger partial charge in [-0.15, -0.1) is 0 Å². The first kappa shape index (κ1) is 16.4. The third-order valence-electron chi connectivity index (χ3n) is 4.90. The van der Waals surface area contributed by atoms with Gasteiger partial charge in [0, 0.05) is 60.2 Å². The molecule has 5 nitrogen and oxygen atoms in total. The number of amides is 2. The van der Waals surface area contributed by atoms with Crippen LogP contribution in [0.3, 0.4) is 0 Å². The van der Waals surface area contributed by atoms with Gasteiger partial charge >= 0.3 is 0 Å². The summed E-state index contributed by atoms with van der Waals surface area (Å²) in [6, 6.07) is 17.3. The van der Waals surface area contributed by atoms with Gasteiger partial charge in [-0.1, -0.05) is 36.4 Å². The predicted molar refractivity (Wildman–Crippen MR) is 101 cm³/mol. The number of rotatable bonds is 4. The van der Waals surface area contributed by atoms with Crippen LogP contribution in [0.15, 0.2) is 54.6 Å². The molecule has 0 saturated carbocycles. The Balaban J connectivity index is 1.35. The summed E-state index contributed by atoms with van der Waals surface area (Å²) in [5.74, 6) is -0.0646. The zero-order valence-corrected chi connectivity index (χ0v) is 14.5. The molecule has 2 N–H and O–H groups in total. The molecule has 26 heavy (non-hydrogen) atoms. The van der Waals surface area contributed by atoms with Crippen LogP contribution < -0.4 is 5.32 Å². The van der Waals surface area contributed by atoms with Crippen molar-refractivity contribution >= 4 is 22.7 Å². The molecule has 0 unspecified atom stereocenters. The standard InChI is InChI=1S/C21H21N3O2/c25-20(10-12-22-21(26)15-6-2-1-3-7-15)24-13-11-19-17(14-24)16-8-4-5-9-18(16)23-19/h1-9,23H,10-14H2,(H,22,26). The van der Waals surface area contributed by atoms with Crippen LogP contribution in [0.1, 0.15) is 28.0 Å². The highest BCUT2D eigenvalue weighted by Crippen LogP contribution is 2.27. The van der Waals surface area contributed by atoms with Crippen LogP contribution in [0.4, 0.5) is 0 Å². The van der Waals surface area contributed by atoms with E-state index < -0.39 is 0 Å². The maximum atomic E-state index is 12.5. The van der Waals surface area contributed by atoms with Gasteiger partial charge in [0.05, 0.1) is 0 Å². The van der Waals surface area contributed by atoms with Crippen molar-refractivity contribution in [3.8, 4) is 0 Å². The number of aromatic nitrogens is 1. The van der Waals surface area contributed by atoms with Crippen LogP contribution in [0, 0.1) is 0 Å². The van der Waals surface area contributed by atoms with Crippen molar-refractivity contribution in [3.05, 3.63) is 71.4 Å². The number of fused-ring (bicyclic) bond motifs is 3. The fourth-order valence-corrected chi connectivity index (χ4v) is 3.51. The molecule has 1 aromatic heterocycles. The van der Waals surface area contributed by atoms with E-state index in [2.05, 4.69) is 22.4 Å². The molecule has 4 rings (SSSR count). The molecule has 2 aromatic carbocycles. The zero-order chi connectivity index (χ0) is 17.9. The Morgan fingerprint density at radius 2 is 1.81 bits per heavy atom. The quantitative estimate of drug-likeness (QED) is 0.762. The van der Waals surface area contributed by atoms with Crippen molar-refractivity contribution in [3.63, 3.8) is 0 Å². The molecule has 0 aliphatic carbocycles. The van der Waals surface area contributed by atoms with Gasteiger partial charge in [-0.05, 0) is 18.2 Å². The summed E-state index contributed by atoms with van der Waals surface area (Å²) in [7, 11) is 0. The average molecular weight is 347 g/mol. The van der Waals surface area contributed by atoms with Crippen LogP contribution in [0.5, 0.6) is 0 Å². The monoisotopic (exact) mass is 347 g/mol. The highest BCUT2D eigenvalue weighted by atomic mass is 16.2. The number of hydrogen-bond acceptors (Lipinski definition) is 2. The summed E-state index contributed by atoms with van der Waals surface area (Å²) in [5.41, 5.74) is 4.18. The number of aromatic amines is 1. The van der Waals surface area contributed by atoms with Crippen LogP contribution in [-0.4, -0.2) is 34.8 Å². The number of carbonyl (C=O) groups excluding carboxylic acids is 2. The van der Waals surface area contributed by atoms with E-state index in [4.69, 9.17) is 0 Å². The van der Waals surface area contributed by atoms with Crippen molar-refractivity contribution < 1.29 is 9.59 Å². The molecule has 0 atom stereocenters. The first-order chi connectivity index (χ1) is 12.7. The Labute approximate surface area is 152 Å². The lowest BCUT2D eigenvalue weighted by atomic mass is 10.0. The molecule has 0 radical (unpaired) electrons. The lowest BCUT2D eigenvalue weighted by molar-refractivity contribution is -0.131. The number of nitrogens with one attached hydrogen (secondary N) is 2. The molecule has 0 fully saturated rings. The van der Waals surface area contributed by atoms with E-state index in [1.54, 1.807) is 12.1 Å². The zero-order valence-electron chi connectivity index (χ0n) is 14.5. The van der Waals surface area contributed by atoms with Crippen LogP contribution >= 0.6 is 0 Å². The molecule has 0 spiro atoms. The second-order valence-corrected chi connectivity index (χ2v) is 6.56. The molecule has 1 aliphatic heterocycles. The highest BCUT2D eigenvalue weighted by Gasteiger charge is 2.23. The van der Waals surface area contributed by atoms with Gasteiger partial charge in [0.1, 0.15) is 0 Å². The van der Waals surface area contributed by atoms with Crippen molar-refractivity contribution in [1.82, 2.24) is 15.2 Å². The van der Waals surface area contributed by atoms with Gasteiger partial charge in [-0.2, -0.15) is 0 Å². The number of carbonyl (C=O) groups is 2. The van der Waals surface area contributed by atoms with E-state index >= 15 is 0 Å². The van der Waals surface area contributed by atoms with Crippen molar-refractivity contribution in [2.45, 2.75) is 19.4 Å². The van der Waals surface area contributed by atoms with E-state index in [1.165, 1.54) is 16.6 Å². The van der Waals surface area contributed by atoms with Gasteiger partial charge in [0.25, 0.3) is 5.91 Å². The van der Waals surface area contributed by atoms with Crippen molar-refractivity contribution in [2.75, 3.05) is 13.1 Å². The van der Waals surface area contributed by atoms with Gasteiger partial charge in [0.15, 0.2) is 0 Å². The second-order valence-electron chi connectivity index (χ2n) is 6.56. The SMILES string of the molecule is O=C(NCCC(=O)N1CCc2[nH]c3ccccc3c2C1)c1ccccc1. The molecular weight excluding hydrogens is 326 g/mol. The Kier molecular flexibility index (Phi) is 4.44. The second kappa shape index (κ2) is 7.04. The third kappa shape index (κ3) is 3.20. The highest BCUT2D eigenvalue weighted by molar-refractivity contribution is 5.94. The Morgan fingerprint density at radius 1 is 1.04 bits per heavy atom. The van der Waals surface area contributed by atoms with Crippen LogP contribution in [0.25, 0.3) is 10.9 Å². The molecule has 0 saturated heterocycles. The summed E-state index contributed by atoms with van der Waals surface area (Å²) < 4.78 is 0. The maximum absolute atomic E-state index is 12.5. The number of nitrogens with zero attached hydrogens (tertiary/aromatic N) is 1. The fraction of sp³-hybridized carbons (Fsp3) is 0.238. The number of benzene rings is 2. The lowest BCUT2D eigenvalue weighted by Crippen LogP contribution is -2.37. The first-order valence-electron chi connectivity index (χ1n) is 8.92. The largest absolute Gasteiger partial charge is 0.358 e. The Morgan fingerprint density at radius 3 is 2.65 bits per heavy atom. The van der Waals surface area contributed by atoms with Gasteiger partial charge in [0.2, 0.25) is 5.91 Å². The summed E-state index contributed by atoms with van der Waals surface area (Å²) in [5, 5.41) is 4.01. The summed E-state index contributed by atoms with van der Waals surface area (Å²) in [6.45, 7) is 1.69. The number of hydrogen-bond donors (Lipinski definition) is 2. The van der Waals surface area contributed by atoms with Gasteiger partial charge in [-0.25, -0.2) is 0 Å². The molecule has 3 aromatic rings. The minimum atomic E-state index is -0.143. The third-order valence-corrected chi connectivity index (χ3v) is 4.90. The molecule has 2 amide bonds. The molecular formula is C21H21N3O2. The van der Waals surface area contributed by atoms with Crippen LogP contribution in [-0.2, 0) is 17.8 Å². The number of para-hydroxylation sites is 1. The van der Waals surface area contributed by atoms with Gasteiger partial charge in [-0.3, -0.25) is 9.59 Å². The minimum Gasteiger partial charge on any atom is -0.358 e. The molecule has 0 bridgehead atoms. The van der Waals surface area contributed by atoms with Crippen molar-refractivity contribution in [1.29, 1.82) is 0 Å². The smallest absolute Gasteiger partial charge is 0.251 e. The lowest BCUT2D eigenvalue weighted by Gasteiger charge is -2.27. The summed E-state index contributed by atoms with van der Waals surface area (Å²) in [4.78, 5) is 29.9. The Hall–Kier alpha value is -3.08. The van der Waals surface area contributed by atoms with E-state index in [0.29, 0.717) is 31.6 Å². The molecule has 132 valence electrons. The first-order valence-corrected chi connectivity index (χ1v) is 8.92. The predicted octanol–water partition coefficient (Wildman–Crippen LogP) is 2.87. The normalized spacial score (nSPS) is 13.5. The van der Waals surface area contributed by atoms with Crippen LogP contribution in [0.2, 0.25) is 0 Å².